The minimum Gasteiger partial charge on any atom is -0.493 e. The maximum Gasteiger partial charge on any atom is 0.323 e. The molecule has 2 aromatic rings. The van der Waals surface area contributed by atoms with E-state index in [0.29, 0.717) is 11.6 Å². The number of ether oxygens (including phenoxy) is 1. The van der Waals surface area contributed by atoms with Crippen molar-refractivity contribution in [1.82, 2.24) is 14.9 Å². The van der Waals surface area contributed by atoms with Crippen molar-refractivity contribution in [3.63, 3.8) is 0 Å². The van der Waals surface area contributed by atoms with Gasteiger partial charge in [0.15, 0.2) is 11.6 Å². The van der Waals surface area contributed by atoms with E-state index in [4.69, 9.17) is 4.74 Å². The van der Waals surface area contributed by atoms with Crippen LogP contribution in [-0.4, -0.2) is 34.6 Å². The zero-order valence-corrected chi connectivity index (χ0v) is 13.3. The van der Waals surface area contributed by atoms with Crippen LogP contribution in [0.2, 0.25) is 0 Å². The lowest BCUT2D eigenvalue weighted by Crippen LogP contribution is -2.34. The molecule has 6 nitrogen and oxygen atoms in total. The lowest BCUT2D eigenvalue weighted by atomic mass is 10.1. The van der Waals surface area contributed by atoms with Gasteiger partial charge in [-0.3, -0.25) is 10.3 Å². The van der Waals surface area contributed by atoms with Gasteiger partial charge >= 0.3 is 6.03 Å². The lowest BCUT2D eigenvalue weighted by Gasteiger charge is -2.25. The Morgan fingerprint density at radius 3 is 2.83 bits per heavy atom. The molecular weight excluding hydrogens is 292 g/mol. The number of anilines is 1. The van der Waals surface area contributed by atoms with Gasteiger partial charge in [0.1, 0.15) is 0 Å². The third kappa shape index (κ3) is 3.26. The number of nitrogens with one attached hydrogen (secondary N) is 1. The molecule has 2 aromatic heterocycles. The molecule has 3 rings (SSSR count). The number of aryl methyl sites for hydroxylation is 1. The number of rotatable bonds is 3. The highest BCUT2D eigenvalue weighted by Gasteiger charge is 2.30. The molecule has 0 bridgehead atoms. The van der Waals surface area contributed by atoms with Crippen molar-refractivity contribution in [3.8, 4) is 5.75 Å². The third-order valence-electron chi connectivity index (χ3n) is 4.05. The van der Waals surface area contributed by atoms with Crippen molar-refractivity contribution in [3.05, 3.63) is 47.9 Å². The first-order valence-corrected chi connectivity index (χ1v) is 7.68. The summed E-state index contributed by atoms with van der Waals surface area (Å²) in [6.45, 7) is 2.61. The molecule has 0 aromatic carbocycles. The number of urea groups is 1. The van der Waals surface area contributed by atoms with Gasteiger partial charge < -0.3 is 9.64 Å². The summed E-state index contributed by atoms with van der Waals surface area (Å²) in [4.78, 5) is 22.9. The Kier molecular flexibility index (Phi) is 4.41. The fraction of sp³-hybridized carbons (Fsp3) is 0.353. The molecule has 0 spiro atoms. The van der Waals surface area contributed by atoms with Gasteiger partial charge in [-0.15, -0.1) is 0 Å². The fourth-order valence-electron chi connectivity index (χ4n) is 2.91. The highest BCUT2D eigenvalue weighted by atomic mass is 16.5. The van der Waals surface area contributed by atoms with Crippen molar-refractivity contribution in [2.24, 2.45) is 0 Å². The van der Waals surface area contributed by atoms with Crippen LogP contribution in [-0.2, 0) is 0 Å². The van der Waals surface area contributed by atoms with Crippen LogP contribution in [0.3, 0.4) is 0 Å². The Hall–Kier alpha value is -2.63. The molecule has 3 heterocycles. The van der Waals surface area contributed by atoms with Crippen molar-refractivity contribution in [2.75, 3.05) is 19.0 Å². The molecule has 1 N–H and O–H groups in total. The maximum atomic E-state index is 12.7. The molecule has 6 heteroatoms. The van der Waals surface area contributed by atoms with Gasteiger partial charge in [0.25, 0.3) is 0 Å². The van der Waals surface area contributed by atoms with E-state index in [1.165, 1.54) is 0 Å². The molecule has 1 aliphatic rings. The van der Waals surface area contributed by atoms with Crippen LogP contribution in [0, 0.1) is 6.92 Å². The number of hydrogen-bond donors (Lipinski definition) is 1. The zero-order chi connectivity index (χ0) is 16.2. The quantitative estimate of drug-likeness (QED) is 0.945. The number of pyridine rings is 2. The molecule has 120 valence electrons. The molecule has 1 atom stereocenters. The largest absolute Gasteiger partial charge is 0.493 e. The molecule has 1 saturated heterocycles. The van der Waals surface area contributed by atoms with Gasteiger partial charge in [0, 0.05) is 24.6 Å². The monoisotopic (exact) mass is 312 g/mol. The van der Waals surface area contributed by atoms with Gasteiger partial charge in [-0.25, -0.2) is 9.78 Å². The summed E-state index contributed by atoms with van der Waals surface area (Å²) in [5.41, 5.74) is 1.94. The fourth-order valence-corrected chi connectivity index (χ4v) is 2.91. The number of amides is 2. The summed E-state index contributed by atoms with van der Waals surface area (Å²) in [5, 5.41) is 2.88. The highest BCUT2D eigenvalue weighted by Crippen LogP contribution is 2.32. The van der Waals surface area contributed by atoms with Crippen LogP contribution in [0.5, 0.6) is 5.75 Å². The number of methoxy groups -OCH3 is 1. The van der Waals surface area contributed by atoms with Crippen molar-refractivity contribution < 1.29 is 9.53 Å². The van der Waals surface area contributed by atoms with Gasteiger partial charge in [-0.2, -0.15) is 0 Å². The number of hydrogen-bond acceptors (Lipinski definition) is 4. The predicted octanol–water partition coefficient (Wildman–Crippen LogP) is 3.16. The summed E-state index contributed by atoms with van der Waals surface area (Å²) in [5.74, 6) is 1.02. The van der Waals surface area contributed by atoms with Gasteiger partial charge in [0.05, 0.1) is 13.2 Å². The molecular formula is C17H20N4O2. The van der Waals surface area contributed by atoms with Gasteiger partial charge in [-0.05, 0) is 49.6 Å². The number of aromatic nitrogens is 2. The van der Waals surface area contributed by atoms with Crippen LogP contribution in [0.4, 0.5) is 10.6 Å². The molecule has 0 saturated carbocycles. The maximum absolute atomic E-state index is 12.7. The summed E-state index contributed by atoms with van der Waals surface area (Å²) >= 11 is 0. The molecule has 23 heavy (non-hydrogen) atoms. The smallest absolute Gasteiger partial charge is 0.323 e. The first-order chi connectivity index (χ1) is 11.2. The Bertz CT molecular complexity index is 690. The summed E-state index contributed by atoms with van der Waals surface area (Å²) in [6.07, 6.45) is 5.46. The Morgan fingerprint density at radius 1 is 1.30 bits per heavy atom. The average molecular weight is 312 g/mol. The second-order valence-corrected chi connectivity index (χ2v) is 5.57. The summed E-state index contributed by atoms with van der Waals surface area (Å²) in [7, 11) is 1.57. The summed E-state index contributed by atoms with van der Waals surface area (Å²) in [6, 6.07) is 7.50. The van der Waals surface area contributed by atoms with E-state index in [2.05, 4.69) is 15.3 Å². The predicted molar refractivity (Wildman–Crippen MR) is 87.5 cm³/mol. The van der Waals surface area contributed by atoms with Crippen molar-refractivity contribution in [1.29, 1.82) is 0 Å². The molecule has 1 aliphatic heterocycles. The first-order valence-electron chi connectivity index (χ1n) is 7.68. The van der Waals surface area contributed by atoms with E-state index in [0.717, 1.165) is 30.6 Å². The van der Waals surface area contributed by atoms with E-state index in [1.54, 1.807) is 19.5 Å². The molecule has 0 radical (unpaired) electrons. The van der Waals surface area contributed by atoms with Gasteiger partial charge in [-0.1, -0.05) is 0 Å². The number of carbonyl (C=O) groups is 1. The van der Waals surface area contributed by atoms with Crippen LogP contribution in [0.25, 0.3) is 0 Å². The van der Waals surface area contributed by atoms with E-state index in [9.17, 15) is 4.79 Å². The Morgan fingerprint density at radius 2 is 2.09 bits per heavy atom. The number of carbonyl (C=O) groups excluding carboxylic acids is 1. The van der Waals surface area contributed by atoms with E-state index in [1.807, 2.05) is 36.1 Å². The SMILES string of the molecule is COc1ccc(C)nc1NC(=O)N1CCCC1c1ccncc1. The highest BCUT2D eigenvalue weighted by molar-refractivity contribution is 5.90. The standard InChI is InChI=1S/C17H20N4O2/c1-12-5-6-15(23-2)16(19-12)20-17(22)21-11-3-4-14(21)13-7-9-18-10-8-13/h5-10,14H,3-4,11H2,1-2H3,(H,19,20,22). The molecule has 1 fully saturated rings. The Labute approximate surface area is 135 Å². The van der Waals surface area contributed by atoms with E-state index < -0.39 is 0 Å². The summed E-state index contributed by atoms with van der Waals surface area (Å²) < 4.78 is 5.27. The van der Waals surface area contributed by atoms with Crippen LogP contribution >= 0.6 is 0 Å². The number of likely N-dealkylation sites (tertiary alicyclic amines) is 1. The van der Waals surface area contributed by atoms with Gasteiger partial charge in [0.2, 0.25) is 0 Å². The minimum atomic E-state index is -0.152. The van der Waals surface area contributed by atoms with Crippen LogP contribution in [0.15, 0.2) is 36.7 Å². The topological polar surface area (TPSA) is 67.3 Å². The van der Waals surface area contributed by atoms with E-state index in [-0.39, 0.29) is 12.1 Å². The van der Waals surface area contributed by atoms with Crippen LogP contribution in [0.1, 0.15) is 30.1 Å². The average Bonchev–Trinajstić information content (AvgIpc) is 3.05. The minimum absolute atomic E-state index is 0.0776. The second-order valence-electron chi connectivity index (χ2n) is 5.57. The first kappa shape index (κ1) is 15.3. The van der Waals surface area contributed by atoms with Crippen molar-refractivity contribution in [2.45, 2.75) is 25.8 Å². The zero-order valence-electron chi connectivity index (χ0n) is 13.3. The third-order valence-corrected chi connectivity index (χ3v) is 4.05. The molecule has 1 unspecified atom stereocenters. The molecule has 2 amide bonds. The van der Waals surface area contributed by atoms with Crippen molar-refractivity contribution >= 4 is 11.8 Å². The normalized spacial score (nSPS) is 17.1. The Balaban J connectivity index is 1.79. The van der Waals surface area contributed by atoms with E-state index >= 15 is 0 Å². The number of nitrogens with zero attached hydrogens (tertiary/aromatic N) is 3. The molecule has 0 aliphatic carbocycles. The second kappa shape index (κ2) is 6.64. The lowest BCUT2D eigenvalue weighted by molar-refractivity contribution is 0.207. The van der Waals surface area contributed by atoms with Crippen LogP contribution < -0.4 is 10.1 Å².